The highest BCUT2D eigenvalue weighted by Crippen LogP contribution is 2.32. The van der Waals surface area contributed by atoms with Gasteiger partial charge in [-0.15, -0.1) is 13.2 Å². The number of nitrogens with one attached hydrogen (secondary N) is 1. The summed E-state index contributed by atoms with van der Waals surface area (Å²) in [5.74, 6) is -0.207. The number of rotatable bonds is 4. The van der Waals surface area contributed by atoms with E-state index < -0.39 is 6.36 Å². The molecule has 1 N–H and O–H groups in total. The van der Waals surface area contributed by atoms with Crippen molar-refractivity contribution in [2.24, 2.45) is 0 Å². The number of hydrogen-bond donors (Lipinski definition) is 1. The molecule has 3 unspecified atom stereocenters. The van der Waals surface area contributed by atoms with Gasteiger partial charge in [0.25, 0.3) is 0 Å². The zero-order valence-corrected chi connectivity index (χ0v) is 11.4. The molecule has 1 fully saturated rings. The average Bonchev–Trinajstić information content (AvgIpc) is 2.75. The summed E-state index contributed by atoms with van der Waals surface area (Å²) in [6.45, 7) is 2.00. The molecular formula is C14H18F3NO2. The van der Waals surface area contributed by atoms with Crippen LogP contribution in [0.25, 0.3) is 0 Å². The number of halogens is 3. The van der Waals surface area contributed by atoms with Gasteiger partial charge in [-0.3, -0.25) is 0 Å². The maximum Gasteiger partial charge on any atom is 0.573 e. The molecular weight excluding hydrogens is 271 g/mol. The van der Waals surface area contributed by atoms with Gasteiger partial charge in [0.2, 0.25) is 0 Å². The highest BCUT2D eigenvalue weighted by atomic mass is 19.4. The molecule has 0 spiro atoms. The third kappa shape index (κ3) is 3.86. The monoisotopic (exact) mass is 289 g/mol. The molecule has 3 atom stereocenters. The molecule has 2 rings (SSSR count). The van der Waals surface area contributed by atoms with Gasteiger partial charge in [0, 0.05) is 0 Å². The van der Waals surface area contributed by atoms with Crippen molar-refractivity contribution in [3.63, 3.8) is 0 Å². The quantitative estimate of drug-likeness (QED) is 0.921. The maximum atomic E-state index is 12.2. The molecule has 3 nitrogen and oxygen atoms in total. The number of alkyl halides is 3. The Kier molecular flexibility index (Phi) is 4.55. The van der Waals surface area contributed by atoms with E-state index in [-0.39, 0.29) is 24.0 Å². The molecule has 20 heavy (non-hydrogen) atoms. The first kappa shape index (κ1) is 15.1. The third-order valence-electron chi connectivity index (χ3n) is 3.40. The van der Waals surface area contributed by atoms with E-state index >= 15 is 0 Å². The SMILES string of the molecule is CNC(c1cccc(OC(F)(F)F)c1)C1CCC(C)O1. The van der Waals surface area contributed by atoms with Crippen LogP contribution in [0.2, 0.25) is 0 Å². The highest BCUT2D eigenvalue weighted by molar-refractivity contribution is 5.31. The van der Waals surface area contributed by atoms with Gasteiger partial charge < -0.3 is 14.8 Å². The van der Waals surface area contributed by atoms with E-state index in [1.807, 2.05) is 6.92 Å². The van der Waals surface area contributed by atoms with Crippen LogP contribution in [0.1, 0.15) is 31.4 Å². The summed E-state index contributed by atoms with van der Waals surface area (Å²) < 4.78 is 46.5. The van der Waals surface area contributed by atoms with Crippen LogP contribution >= 0.6 is 0 Å². The molecule has 0 aromatic heterocycles. The van der Waals surface area contributed by atoms with E-state index in [4.69, 9.17) is 4.74 Å². The van der Waals surface area contributed by atoms with Crippen LogP contribution in [0.15, 0.2) is 24.3 Å². The normalized spacial score (nSPS) is 24.6. The molecule has 1 aliphatic heterocycles. The lowest BCUT2D eigenvalue weighted by Crippen LogP contribution is -2.29. The number of benzene rings is 1. The fourth-order valence-electron chi connectivity index (χ4n) is 2.55. The molecule has 0 amide bonds. The smallest absolute Gasteiger partial charge is 0.406 e. The van der Waals surface area contributed by atoms with E-state index in [1.165, 1.54) is 12.1 Å². The van der Waals surface area contributed by atoms with Crippen molar-refractivity contribution in [2.45, 2.75) is 44.4 Å². The van der Waals surface area contributed by atoms with Crippen LogP contribution in [0.4, 0.5) is 13.2 Å². The van der Waals surface area contributed by atoms with Gasteiger partial charge in [-0.1, -0.05) is 12.1 Å². The lowest BCUT2D eigenvalue weighted by atomic mass is 9.99. The van der Waals surface area contributed by atoms with Gasteiger partial charge in [0.05, 0.1) is 18.2 Å². The van der Waals surface area contributed by atoms with Crippen LogP contribution in [0, 0.1) is 0 Å². The Labute approximate surface area is 116 Å². The summed E-state index contributed by atoms with van der Waals surface area (Å²) in [7, 11) is 1.77. The first-order valence-electron chi connectivity index (χ1n) is 6.57. The van der Waals surface area contributed by atoms with Crippen LogP contribution < -0.4 is 10.1 Å². The van der Waals surface area contributed by atoms with Gasteiger partial charge in [-0.05, 0) is 44.5 Å². The Morgan fingerprint density at radius 2 is 2.10 bits per heavy atom. The molecule has 0 radical (unpaired) electrons. The zero-order chi connectivity index (χ0) is 14.8. The standard InChI is InChI=1S/C14H18F3NO2/c1-9-6-7-12(19-9)13(18-2)10-4-3-5-11(8-10)20-14(15,16)17/h3-5,8-9,12-13,18H,6-7H2,1-2H3. The average molecular weight is 289 g/mol. The molecule has 1 aliphatic rings. The van der Waals surface area contributed by atoms with Gasteiger partial charge in [0.1, 0.15) is 5.75 Å². The molecule has 0 aliphatic carbocycles. The maximum absolute atomic E-state index is 12.2. The third-order valence-corrected chi connectivity index (χ3v) is 3.40. The second kappa shape index (κ2) is 6.01. The van der Waals surface area contributed by atoms with E-state index in [2.05, 4.69) is 10.1 Å². The molecule has 1 aromatic rings. The molecule has 0 saturated carbocycles. The summed E-state index contributed by atoms with van der Waals surface area (Å²) in [6.07, 6.45) is -2.67. The first-order chi connectivity index (χ1) is 9.39. The topological polar surface area (TPSA) is 30.5 Å². The van der Waals surface area contributed by atoms with E-state index in [9.17, 15) is 13.2 Å². The minimum Gasteiger partial charge on any atom is -0.406 e. The van der Waals surface area contributed by atoms with Crippen LogP contribution in [0.5, 0.6) is 5.75 Å². The van der Waals surface area contributed by atoms with Crippen LogP contribution in [0.3, 0.4) is 0 Å². The molecule has 112 valence electrons. The Morgan fingerprint density at radius 3 is 2.65 bits per heavy atom. The molecule has 1 heterocycles. The van der Waals surface area contributed by atoms with Crippen molar-refractivity contribution < 1.29 is 22.6 Å². The lowest BCUT2D eigenvalue weighted by molar-refractivity contribution is -0.274. The predicted octanol–water partition coefficient (Wildman–Crippen LogP) is 3.41. The summed E-state index contributed by atoms with van der Waals surface area (Å²) >= 11 is 0. The minimum atomic E-state index is -4.67. The van der Waals surface area contributed by atoms with Crippen molar-refractivity contribution in [3.05, 3.63) is 29.8 Å². The summed E-state index contributed by atoms with van der Waals surface area (Å²) in [6, 6.07) is 5.88. The van der Waals surface area contributed by atoms with Crippen molar-refractivity contribution in [1.29, 1.82) is 0 Å². The van der Waals surface area contributed by atoms with Crippen molar-refractivity contribution in [2.75, 3.05) is 7.05 Å². The fourth-order valence-corrected chi connectivity index (χ4v) is 2.55. The molecule has 6 heteroatoms. The fraction of sp³-hybridized carbons (Fsp3) is 0.571. The summed E-state index contributed by atoms with van der Waals surface area (Å²) in [5, 5.41) is 3.11. The largest absolute Gasteiger partial charge is 0.573 e. The van der Waals surface area contributed by atoms with Gasteiger partial charge in [-0.2, -0.15) is 0 Å². The van der Waals surface area contributed by atoms with E-state index in [0.29, 0.717) is 0 Å². The molecule has 1 aromatic carbocycles. The lowest BCUT2D eigenvalue weighted by Gasteiger charge is -2.24. The Morgan fingerprint density at radius 1 is 1.35 bits per heavy atom. The first-order valence-corrected chi connectivity index (χ1v) is 6.57. The summed E-state index contributed by atoms with van der Waals surface area (Å²) in [4.78, 5) is 0. The number of hydrogen-bond acceptors (Lipinski definition) is 3. The number of ether oxygens (including phenoxy) is 2. The predicted molar refractivity (Wildman–Crippen MR) is 68.5 cm³/mol. The minimum absolute atomic E-state index is 0.0314. The second-order valence-electron chi connectivity index (χ2n) is 4.95. The van der Waals surface area contributed by atoms with Crippen LogP contribution in [-0.4, -0.2) is 25.6 Å². The Balaban J connectivity index is 2.15. The summed E-state index contributed by atoms with van der Waals surface area (Å²) in [5.41, 5.74) is 0.730. The van der Waals surface area contributed by atoms with E-state index in [1.54, 1.807) is 19.2 Å². The Hall–Kier alpha value is -1.27. The van der Waals surface area contributed by atoms with Gasteiger partial charge in [0.15, 0.2) is 0 Å². The second-order valence-corrected chi connectivity index (χ2v) is 4.95. The van der Waals surface area contributed by atoms with Crippen molar-refractivity contribution in [3.8, 4) is 5.75 Å². The zero-order valence-electron chi connectivity index (χ0n) is 11.4. The van der Waals surface area contributed by atoms with Crippen LogP contribution in [-0.2, 0) is 4.74 Å². The Bertz CT molecular complexity index is 450. The van der Waals surface area contributed by atoms with E-state index in [0.717, 1.165) is 18.4 Å². The van der Waals surface area contributed by atoms with Gasteiger partial charge >= 0.3 is 6.36 Å². The molecule has 0 bridgehead atoms. The van der Waals surface area contributed by atoms with Crippen molar-refractivity contribution >= 4 is 0 Å². The number of likely N-dealkylation sites (N-methyl/N-ethyl adjacent to an activating group) is 1. The van der Waals surface area contributed by atoms with Gasteiger partial charge in [-0.25, -0.2) is 0 Å². The highest BCUT2D eigenvalue weighted by Gasteiger charge is 2.32. The van der Waals surface area contributed by atoms with Crippen molar-refractivity contribution in [1.82, 2.24) is 5.32 Å². The molecule has 1 saturated heterocycles.